The molecule has 1 aliphatic carbocycles. The number of rotatable bonds is 4. The molecular weight excluding hydrogens is 286 g/mol. The van der Waals surface area contributed by atoms with E-state index in [2.05, 4.69) is 21.2 Å². The summed E-state index contributed by atoms with van der Waals surface area (Å²) in [7, 11) is 0. The Morgan fingerprint density at radius 2 is 2.44 bits per heavy atom. The highest BCUT2D eigenvalue weighted by molar-refractivity contribution is 9.09. The van der Waals surface area contributed by atoms with Crippen LogP contribution in [-0.2, 0) is 11.2 Å². The number of hydrogen-bond donors (Lipinski definition) is 1. The number of amides is 1. The van der Waals surface area contributed by atoms with E-state index < -0.39 is 0 Å². The van der Waals surface area contributed by atoms with Crippen molar-refractivity contribution in [3.63, 3.8) is 0 Å². The summed E-state index contributed by atoms with van der Waals surface area (Å²) in [5.74, 6) is 0.761. The van der Waals surface area contributed by atoms with Crippen molar-refractivity contribution in [1.29, 1.82) is 0 Å². The molecule has 2 rings (SSSR count). The molecule has 2 nitrogen and oxygen atoms in total. The Morgan fingerprint density at radius 3 is 3.06 bits per heavy atom. The van der Waals surface area contributed by atoms with Gasteiger partial charge in [0.2, 0.25) is 5.91 Å². The Labute approximate surface area is 109 Å². The summed E-state index contributed by atoms with van der Waals surface area (Å²) in [5.41, 5.74) is 1.12. The second-order valence-electron chi connectivity index (χ2n) is 4.32. The van der Waals surface area contributed by atoms with Gasteiger partial charge < -0.3 is 5.32 Å². The van der Waals surface area contributed by atoms with E-state index in [4.69, 9.17) is 0 Å². The number of carbonyl (C=O) groups is 1. The van der Waals surface area contributed by atoms with E-state index in [0.29, 0.717) is 17.2 Å². The number of nitrogens with one attached hydrogen (secondary N) is 1. The molecule has 0 radical (unpaired) electrons. The summed E-state index contributed by atoms with van der Waals surface area (Å²) in [6.07, 6.45) is 4.27. The lowest BCUT2D eigenvalue weighted by Gasteiger charge is -2.14. The lowest BCUT2D eigenvalue weighted by molar-refractivity contribution is -0.120. The molecule has 0 bridgehead atoms. The molecule has 2 atom stereocenters. The number of halogens is 1. The zero-order valence-corrected chi connectivity index (χ0v) is 11.5. The lowest BCUT2D eigenvalue weighted by Crippen LogP contribution is -2.31. The maximum Gasteiger partial charge on any atom is 0.224 e. The largest absolute Gasteiger partial charge is 0.355 e. The Morgan fingerprint density at radius 1 is 1.56 bits per heavy atom. The van der Waals surface area contributed by atoms with Gasteiger partial charge in [-0.1, -0.05) is 22.4 Å². The lowest BCUT2D eigenvalue weighted by atomic mass is 10.1. The monoisotopic (exact) mass is 301 g/mol. The topological polar surface area (TPSA) is 29.1 Å². The Balaban J connectivity index is 1.71. The average Bonchev–Trinajstić information content (AvgIpc) is 2.87. The second kappa shape index (κ2) is 5.82. The van der Waals surface area contributed by atoms with Gasteiger partial charge in [-0.3, -0.25) is 4.79 Å². The van der Waals surface area contributed by atoms with Gasteiger partial charge in [-0.2, -0.15) is 11.3 Å². The predicted molar refractivity (Wildman–Crippen MR) is 71.1 cm³/mol. The first kappa shape index (κ1) is 12.1. The minimum atomic E-state index is 0.144. The summed E-state index contributed by atoms with van der Waals surface area (Å²) in [4.78, 5) is 12.2. The van der Waals surface area contributed by atoms with E-state index in [1.165, 1.54) is 19.3 Å². The van der Waals surface area contributed by atoms with E-state index >= 15 is 0 Å². The molecule has 0 saturated heterocycles. The molecule has 2 unspecified atom stereocenters. The molecule has 88 valence electrons. The van der Waals surface area contributed by atoms with E-state index in [1.54, 1.807) is 11.3 Å². The summed E-state index contributed by atoms with van der Waals surface area (Å²) in [6, 6.07) is 2.01. The van der Waals surface area contributed by atoms with Crippen LogP contribution in [0.4, 0.5) is 0 Å². The minimum absolute atomic E-state index is 0.144. The van der Waals surface area contributed by atoms with E-state index in [1.807, 2.05) is 16.8 Å². The zero-order chi connectivity index (χ0) is 11.4. The summed E-state index contributed by atoms with van der Waals surface area (Å²) in [6.45, 7) is 0.818. The quantitative estimate of drug-likeness (QED) is 0.851. The molecule has 0 aliphatic heterocycles. The van der Waals surface area contributed by atoms with Gasteiger partial charge >= 0.3 is 0 Å². The van der Waals surface area contributed by atoms with Crippen LogP contribution in [0.5, 0.6) is 0 Å². The molecule has 1 heterocycles. The van der Waals surface area contributed by atoms with Gasteiger partial charge in [-0.15, -0.1) is 0 Å². The molecule has 0 spiro atoms. The first-order valence-corrected chi connectivity index (χ1v) is 7.53. The van der Waals surface area contributed by atoms with Crippen LogP contribution in [0, 0.1) is 5.92 Å². The molecular formula is C12H16BrNOS. The van der Waals surface area contributed by atoms with Crippen molar-refractivity contribution in [2.75, 3.05) is 6.54 Å². The van der Waals surface area contributed by atoms with Gasteiger partial charge in [0.05, 0.1) is 6.42 Å². The number of carbonyl (C=O) groups excluding carboxylic acids is 1. The zero-order valence-electron chi connectivity index (χ0n) is 9.12. The van der Waals surface area contributed by atoms with Crippen LogP contribution in [0.25, 0.3) is 0 Å². The van der Waals surface area contributed by atoms with Crippen LogP contribution < -0.4 is 5.32 Å². The molecule has 1 aliphatic rings. The molecule has 1 amide bonds. The van der Waals surface area contributed by atoms with Crippen molar-refractivity contribution < 1.29 is 4.79 Å². The fraction of sp³-hybridized carbons (Fsp3) is 0.583. The standard InChI is InChI=1S/C12H16BrNOS/c13-11-3-1-2-10(11)7-14-12(15)6-9-4-5-16-8-9/h4-5,8,10-11H,1-3,6-7H2,(H,14,15). The third-order valence-electron chi connectivity index (χ3n) is 3.07. The molecule has 1 fully saturated rings. The predicted octanol–water partition coefficient (Wildman–Crippen LogP) is 2.97. The van der Waals surface area contributed by atoms with Gasteiger partial charge in [0, 0.05) is 11.4 Å². The van der Waals surface area contributed by atoms with E-state index in [9.17, 15) is 4.79 Å². The minimum Gasteiger partial charge on any atom is -0.355 e. The van der Waals surface area contributed by atoms with Crippen molar-refractivity contribution in [1.82, 2.24) is 5.32 Å². The van der Waals surface area contributed by atoms with Gasteiger partial charge in [0.1, 0.15) is 0 Å². The van der Waals surface area contributed by atoms with Crippen molar-refractivity contribution in [3.05, 3.63) is 22.4 Å². The van der Waals surface area contributed by atoms with Gasteiger partial charge in [0.25, 0.3) is 0 Å². The highest BCUT2D eigenvalue weighted by atomic mass is 79.9. The molecule has 1 aromatic heterocycles. The molecule has 1 aromatic rings. The smallest absolute Gasteiger partial charge is 0.224 e. The Hall–Kier alpha value is -0.350. The summed E-state index contributed by atoms with van der Waals surface area (Å²) in [5, 5.41) is 7.07. The third-order valence-corrected chi connectivity index (χ3v) is 5.01. The normalized spacial score (nSPS) is 24.6. The third kappa shape index (κ3) is 3.32. The highest BCUT2D eigenvalue weighted by Crippen LogP contribution is 2.30. The van der Waals surface area contributed by atoms with Crippen LogP contribution in [0.15, 0.2) is 16.8 Å². The van der Waals surface area contributed by atoms with Gasteiger partial charge in [-0.05, 0) is 41.1 Å². The van der Waals surface area contributed by atoms with Crippen LogP contribution in [-0.4, -0.2) is 17.3 Å². The van der Waals surface area contributed by atoms with Crippen LogP contribution >= 0.6 is 27.3 Å². The van der Waals surface area contributed by atoms with Crippen molar-refractivity contribution in [3.8, 4) is 0 Å². The average molecular weight is 302 g/mol. The maximum atomic E-state index is 11.7. The SMILES string of the molecule is O=C(Cc1ccsc1)NCC1CCCC1Br. The van der Waals surface area contributed by atoms with E-state index in [-0.39, 0.29) is 5.91 Å². The van der Waals surface area contributed by atoms with Crippen molar-refractivity contribution in [2.24, 2.45) is 5.92 Å². The first-order valence-electron chi connectivity index (χ1n) is 5.67. The molecule has 4 heteroatoms. The fourth-order valence-electron chi connectivity index (χ4n) is 2.11. The van der Waals surface area contributed by atoms with Gasteiger partial charge in [-0.25, -0.2) is 0 Å². The Kier molecular flexibility index (Phi) is 4.41. The van der Waals surface area contributed by atoms with Crippen molar-refractivity contribution in [2.45, 2.75) is 30.5 Å². The number of hydrogen-bond acceptors (Lipinski definition) is 2. The van der Waals surface area contributed by atoms with Gasteiger partial charge in [0.15, 0.2) is 0 Å². The second-order valence-corrected chi connectivity index (χ2v) is 6.28. The molecule has 0 aromatic carbocycles. The van der Waals surface area contributed by atoms with Crippen LogP contribution in [0.3, 0.4) is 0 Å². The number of alkyl halides is 1. The number of thiophene rings is 1. The Bertz CT molecular complexity index is 339. The first-order chi connectivity index (χ1) is 7.75. The van der Waals surface area contributed by atoms with Crippen molar-refractivity contribution >= 4 is 33.2 Å². The molecule has 16 heavy (non-hydrogen) atoms. The summed E-state index contributed by atoms with van der Waals surface area (Å²) >= 11 is 5.30. The summed E-state index contributed by atoms with van der Waals surface area (Å²) < 4.78 is 0. The molecule has 1 N–H and O–H groups in total. The van der Waals surface area contributed by atoms with Crippen LogP contribution in [0.1, 0.15) is 24.8 Å². The van der Waals surface area contributed by atoms with Crippen LogP contribution in [0.2, 0.25) is 0 Å². The molecule has 1 saturated carbocycles. The highest BCUT2D eigenvalue weighted by Gasteiger charge is 2.24. The maximum absolute atomic E-state index is 11.7. The fourth-order valence-corrected chi connectivity index (χ4v) is 3.55. The van der Waals surface area contributed by atoms with E-state index in [0.717, 1.165) is 12.1 Å².